The molecule has 7 nitrogen and oxygen atoms in total. The van der Waals surface area contributed by atoms with E-state index >= 15 is 0 Å². The van der Waals surface area contributed by atoms with Gasteiger partial charge in [-0.2, -0.15) is 5.26 Å². The van der Waals surface area contributed by atoms with E-state index in [4.69, 9.17) is 19.3 Å². The summed E-state index contributed by atoms with van der Waals surface area (Å²) in [5.41, 5.74) is 6.97. The van der Waals surface area contributed by atoms with Crippen LogP contribution < -0.4 is 21.7 Å². The summed E-state index contributed by atoms with van der Waals surface area (Å²) in [5.74, 6) is -0.843. The van der Waals surface area contributed by atoms with Gasteiger partial charge in [-0.1, -0.05) is 24.3 Å². The Morgan fingerprint density at radius 1 is 1.00 bits per heavy atom. The number of allylic oxidation sites excluding steroid dienone is 1. The number of nitrogens with zero attached hydrogens (tertiary/aromatic N) is 1. The Morgan fingerprint density at radius 2 is 1.80 bits per heavy atom. The monoisotopic (exact) mass is 398 g/mol. The van der Waals surface area contributed by atoms with Gasteiger partial charge in [0.05, 0.1) is 16.9 Å². The predicted octanol–water partition coefficient (Wildman–Crippen LogP) is 3.43. The topological polar surface area (TPSA) is 119 Å². The number of para-hydroxylation sites is 1. The van der Waals surface area contributed by atoms with Crippen LogP contribution in [0.25, 0.3) is 21.9 Å². The average molecular weight is 398 g/mol. The fourth-order valence-electron chi connectivity index (χ4n) is 3.91. The van der Waals surface area contributed by atoms with E-state index in [0.717, 1.165) is 5.56 Å². The summed E-state index contributed by atoms with van der Waals surface area (Å²) in [7, 11) is 0. The lowest BCUT2D eigenvalue weighted by molar-refractivity contribution is 0.388. The number of rotatable bonds is 1. The van der Waals surface area contributed by atoms with Crippen molar-refractivity contribution in [3.63, 3.8) is 0 Å². The second kappa shape index (κ2) is 6.36. The van der Waals surface area contributed by atoms with Crippen LogP contribution in [-0.4, -0.2) is 0 Å². The summed E-state index contributed by atoms with van der Waals surface area (Å²) in [6.45, 7) is 1.87. The van der Waals surface area contributed by atoms with Crippen molar-refractivity contribution in [2.75, 3.05) is 0 Å². The first-order valence-electron chi connectivity index (χ1n) is 9.15. The molecule has 0 bridgehead atoms. The van der Waals surface area contributed by atoms with E-state index < -0.39 is 17.2 Å². The first-order valence-corrected chi connectivity index (χ1v) is 9.15. The molecule has 0 radical (unpaired) electrons. The van der Waals surface area contributed by atoms with Gasteiger partial charge < -0.3 is 19.3 Å². The van der Waals surface area contributed by atoms with Gasteiger partial charge in [-0.15, -0.1) is 0 Å². The Morgan fingerprint density at radius 3 is 2.60 bits per heavy atom. The molecule has 3 heterocycles. The molecule has 0 spiro atoms. The number of hydrogen-bond acceptors (Lipinski definition) is 7. The van der Waals surface area contributed by atoms with E-state index in [9.17, 15) is 14.9 Å². The molecule has 4 aromatic rings. The number of ether oxygens (including phenoxy) is 1. The maximum atomic E-state index is 13.0. The molecule has 0 fully saturated rings. The minimum atomic E-state index is -0.936. The summed E-state index contributed by atoms with van der Waals surface area (Å²) in [6, 6.07) is 15.6. The van der Waals surface area contributed by atoms with E-state index in [1.165, 1.54) is 6.07 Å². The van der Waals surface area contributed by atoms with Crippen molar-refractivity contribution < 1.29 is 13.6 Å². The van der Waals surface area contributed by atoms with Gasteiger partial charge >= 0.3 is 11.3 Å². The molecule has 30 heavy (non-hydrogen) atoms. The third kappa shape index (κ3) is 2.51. The van der Waals surface area contributed by atoms with Crippen LogP contribution in [0.15, 0.2) is 78.4 Å². The number of aryl methyl sites for hydroxylation is 1. The smallest absolute Gasteiger partial charge is 0.344 e. The van der Waals surface area contributed by atoms with E-state index in [-0.39, 0.29) is 22.8 Å². The van der Waals surface area contributed by atoms with Gasteiger partial charge in [0.2, 0.25) is 5.88 Å². The molecule has 1 unspecified atom stereocenters. The lowest BCUT2D eigenvalue weighted by Crippen LogP contribution is -2.27. The van der Waals surface area contributed by atoms with Gasteiger partial charge in [0.25, 0.3) is 0 Å². The molecule has 146 valence electrons. The van der Waals surface area contributed by atoms with Gasteiger partial charge in [-0.25, -0.2) is 9.59 Å². The molecular weight excluding hydrogens is 384 g/mol. The van der Waals surface area contributed by atoms with Gasteiger partial charge in [0.15, 0.2) is 5.75 Å². The van der Waals surface area contributed by atoms with Crippen molar-refractivity contribution in [2.24, 2.45) is 5.73 Å². The normalized spacial score (nSPS) is 15.7. The van der Waals surface area contributed by atoms with Crippen molar-refractivity contribution in [3.8, 4) is 11.8 Å². The largest absolute Gasteiger partial charge is 0.439 e. The molecular formula is C23H14N2O5. The van der Waals surface area contributed by atoms with Crippen molar-refractivity contribution in [1.29, 1.82) is 5.26 Å². The third-order valence-electron chi connectivity index (χ3n) is 5.22. The highest BCUT2D eigenvalue weighted by Crippen LogP contribution is 2.44. The molecule has 1 aliphatic heterocycles. The Kier molecular flexibility index (Phi) is 3.76. The maximum absolute atomic E-state index is 13.0. The second-order valence-corrected chi connectivity index (χ2v) is 7.07. The summed E-state index contributed by atoms with van der Waals surface area (Å²) < 4.78 is 16.5. The summed E-state index contributed by atoms with van der Waals surface area (Å²) in [4.78, 5) is 25.3. The molecule has 2 aromatic carbocycles. The fourth-order valence-corrected chi connectivity index (χ4v) is 3.91. The summed E-state index contributed by atoms with van der Waals surface area (Å²) in [5, 5.41) is 10.9. The molecule has 1 aliphatic rings. The zero-order valence-electron chi connectivity index (χ0n) is 15.8. The van der Waals surface area contributed by atoms with Crippen LogP contribution in [0.2, 0.25) is 0 Å². The van der Waals surface area contributed by atoms with Crippen LogP contribution >= 0.6 is 0 Å². The maximum Gasteiger partial charge on any atom is 0.344 e. The van der Waals surface area contributed by atoms with Crippen LogP contribution in [0.1, 0.15) is 22.6 Å². The molecule has 7 heteroatoms. The Labute approximate surface area is 169 Å². The highest BCUT2D eigenvalue weighted by atomic mass is 16.5. The third-order valence-corrected chi connectivity index (χ3v) is 5.22. The van der Waals surface area contributed by atoms with Crippen molar-refractivity contribution in [3.05, 3.63) is 97.5 Å². The number of nitrogens with two attached hydrogens (primary N) is 1. The van der Waals surface area contributed by atoms with Crippen molar-refractivity contribution in [2.45, 2.75) is 12.8 Å². The van der Waals surface area contributed by atoms with Gasteiger partial charge in [0, 0.05) is 11.5 Å². The van der Waals surface area contributed by atoms with Gasteiger partial charge in [-0.3, -0.25) is 0 Å². The first-order chi connectivity index (χ1) is 14.5. The Hall–Kier alpha value is -4.31. The number of benzene rings is 2. The zero-order chi connectivity index (χ0) is 21.0. The van der Waals surface area contributed by atoms with Crippen LogP contribution in [0.5, 0.6) is 5.75 Å². The highest BCUT2D eigenvalue weighted by molar-refractivity contribution is 5.88. The minimum Gasteiger partial charge on any atom is -0.439 e. The van der Waals surface area contributed by atoms with Crippen LogP contribution in [0.3, 0.4) is 0 Å². The Bertz CT molecular complexity index is 1550. The minimum absolute atomic E-state index is 0.0255. The lowest BCUT2D eigenvalue weighted by Gasteiger charge is -2.26. The average Bonchev–Trinajstić information content (AvgIpc) is 2.72. The molecule has 0 amide bonds. The SMILES string of the molecule is Cc1ccc2c(C3C(C#N)=C(N)Oc4c3c(=O)oc3ccccc43)cc(=O)oc2c1. The molecule has 0 saturated heterocycles. The first kappa shape index (κ1) is 17.8. The number of hydrogen-bond donors (Lipinski definition) is 1. The van der Waals surface area contributed by atoms with Gasteiger partial charge in [0.1, 0.15) is 22.8 Å². The molecule has 2 aromatic heterocycles. The standard InChI is InChI=1S/C23H14N2O5/c1-11-6-7-12-14(9-18(26)28-17(12)8-11)19-15(10-24)22(25)30-21-13-4-2-3-5-16(13)29-23(27)20(19)21/h2-9,19H,25H2,1H3. The van der Waals surface area contributed by atoms with E-state index in [2.05, 4.69) is 0 Å². The fraction of sp³-hybridized carbons (Fsp3) is 0.0870. The van der Waals surface area contributed by atoms with E-state index in [0.29, 0.717) is 27.5 Å². The summed E-state index contributed by atoms with van der Waals surface area (Å²) >= 11 is 0. The molecule has 0 saturated carbocycles. The zero-order valence-corrected chi connectivity index (χ0v) is 15.8. The molecule has 2 N–H and O–H groups in total. The van der Waals surface area contributed by atoms with Crippen LogP contribution in [0.4, 0.5) is 0 Å². The van der Waals surface area contributed by atoms with Crippen LogP contribution in [0, 0.1) is 18.3 Å². The number of fused-ring (bicyclic) bond motifs is 4. The number of nitriles is 1. The van der Waals surface area contributed by atoms with Gasteiger partial charge in [-0.05, 0) is 36.2 Å². The molecule has 0 aliphatic carbocycles. The lowest BCUT2D eigenvalue weighted by atomic mass is 9.82. The van der Waals surface area contributed by atoms with Crippen molar-refractivity contribution >= 4 is 21.9 Å². The molecule has 5 rings (SSSR count). The summed E-state index contributed by atoms with van der Waals surface area (Å²) in [6.07, 6.45) is 0. The molecule has 1 atom stereocenters. The second-order valence-electron chi connectivity index (χ2n) is 7.07. The predicted molar refractivity (Wildman–Crippen MR) is 109 cm³/mol. The quantitative estimate of drug-likeness (QED) is 0.488. The Balaban J connectivity index is 1.94. The van der Waals surface area contributed by atoms with Crippen LogP contribution in [-0.2, 0) is 0 Å². The highest BCUT2D eigenvalue weighted by Gasteiger charge is 2.36. The van der Waals surface area contributed by atoms with E-state index in [1.807, 2.05) is 19.1 Å². The van der Waals surface area contributed by atoms with E-state index in [1.54, 1.807) is 36.4 Å². The van der Waals surface area contributed by atoms with Crippen molar-refractivity contribution in [1.82, 2.24) is 0 Å².